The molecule has 0 radical (unpaired) electrons. The zero-order valence-electron chi connectivity index (χ0n) is 33.5. The van der Waals surface area contributed by atoms with Crippen molar-refractivity contribution >= 4 is 17.1 Å². The van der Waals surface area contributed by atoms with Gasteiger partial charge in [0.2, 0.25) is 0 Å². The summed E-state index contributed by atoms with van der Waals surface area (Å²) in [6, 6.07) is 47.0. The smallest absolute Gasteiger partial charge is 0.291 e. The molecule has 8 rings (SSSR count). The molecule has 0 unspecified atom stereocenters. The van der Waals surface area contributed by atoms with Crippen LogP contribution in [0.15, 0.2) is 133 Å². The molecule has 0 spiro atoms. The highest BCUT2D eigenvalue weighted by Crippen LogP contribution is 2.67. The molecule has 8 heteroatoms. The summed E-state index contributed by atoms with van der Waals surface area (Å²) < 4.78 is 34.4. The van der Waals surface area contributed by atoms with Gasteiger partial charge in [-0.15, -0.1) is 9.34 Å². The van der Waals surface area contributed by atoms with Crippen molar-refractivity contribution in [2.45, 2.75) is 79.6 Å². The molecule has 6 aromatic carbocycles. The molecular formula is C48H52N2O4P2+2. The van der Waals surface area contributed by atoms with E-state index in [0.717, 1.165) is 56.4 Å². The van der Waals surface area contributed by atoms with Gasteiger partial charge >= 0.3 is 17.1 Å². The summed E-state index contributed by atoms with van der Waals surface area (Å²) in [6.07, 6.45) is 0. The molecule has 0 saturated carbocycles. The van der Waals surface area contributed by atoms with E-state index in [1.165, 1.54) is 22.3 Å². The van der Waals surface area contributed by atoms with Gasteiger partial charge in [0.1, 0.15) is 0 Å². The summed E-state index contributed by atoms with van der Waals surface area (Å²) in [6.45, 7) is 17.6. The number of hydrogen-bond acceptors (Lipinski definition) is 6. The van der Waals surface area contributed by atoms with Crippen molar-refractivity contribution in [1.29, 1.82) is 0 Å². The average Bonchev–Trinajstić information content (AvgIpc) is 3.52. The lowest BCUT2D eigenvalue weighted by Gasteiger charge is -2.33. The van der Waals surface area contributed by atoms with Crippen LogP contribution in [0.1, 0.15) is 96.4 Å². The molecule has 0 aromatic heterocycles. The molecule has 0 bridgehead atoms. The second kappa shape index (κ2) is 16.0. The maximum Gasteiger partial charge on any atom is 0.428 e. The van der Waals surface area contributed by atoms with Crippen LogP contribution in [0.2, 0.25) is 0 Å². The number of aryl methyl sites for hydroxylation is 4. The Bertz CT molecular complexity index is 1990. The fraction of sp³-hybridized carbons (Fsp3) is 0.250. The van der Waals surface area contributed by atoms with Crippen LogP contribution in [0.3, 0.4) is 0 Å². The molecule has 0 aliphatic carbocycles. The second-order valence-corrected chi connectivity index (χ2v) is 18.1. The average molecular weight is 783 g/mol. The van der Waals surface area contributed by atoms with Crippen LogP contribution in [0.4, 0.5) is 0 Å². The highest BCUT2D eigenvalue weighted by atomic mass is 31.2. The van der Waals surface area contributed by atoms with Gasteiger partial charge in [-0.3, -0.25) is 18.1 Å². The molecule has 6 aromatic rings. The van der Waals surface area contributed by atoms with E-state index in [9.17, 15) is 0 Å². The van der Waals surface area contributed by atoms with Crippen LogP contribution in [0.25, 0.3) is 11.1 Å². The molecule has 0 amide bonds. The summed E-state index contributed by atoms with van der Waals surface area (Å²) in [4.78, 5) is 0. The highest BCUT2D eigenvalue weighted by Gasteiger charge is 2.50. The molecule has 0 N–H and O–H groups in total. The minimum absolute atomic E-state index is 0.0107. The van der Waals surface area contributed by atoms with E-state index in [0.29, 0.717) is 0 Å². The predicted molar refractivity (Wildman–Crippen MR) is 233 cm³/mol. The number of rotatable bonds is 10. The Kier molecular flexibility index (Phi) is 10.9. The van der Waals surface area contributed by atoms with Crippen molar-refractivity contribution in [2.24, 2.45) is 0 Å². The van der Waals surface area contributed by atoms with Gasteiger partial charge in [0, 0.05) is 0 Å². The van der Waals surface area contributed by atoms with E-state index in [1.54, 1.807) is 0 Å². The van der Waals surface area contributed by atoms with Gasteiger partial charge in [0.25, 0.3) is 0 Å². The van der Waals surface area contributed by atoms with E-state index in [1.807, 2.05) is 0 Å². The van der Waals surface area contributed by atoms with Crippen molar-refractivity contribution in [3.05, 3.63) is 178 Å². The maximum absolute atomic E-state index is 7.39. The highest BCUT2D eigenvalue weighted by molar-refractivity contribution is 7.46. The lowest BCUT2D eigenvalue weighted by atomic mass is 9.93. The van der Waals surface area contributed by atoms with Crippen LogP contribution in [0.5, 0.6) is 23.0 Å². The van der Waals surface area contributed by atoms with Crippen LogP contribution in [0, 0.1) is 27.7 Å². The molecule has 286 valence electrons. The van der Waals surface area contributed by atoms with Crippen LogP contribution < -0.4 is 18.1 Å². The Morgan fingerprint density at radius 3 is 0.786 bits per heavy atom. The lowest BCUT2D eigenvalue weighted by molar-refractivity contribution is 0.246. The third-order valence-electron chi connectivity index (χ3n) is 11.4. The molecule has 2 heterocycles. The number of benzene rings is 6. The normalized spacial score (nSPS) is 16.0. The zero-order valence-corrected chi connectivity index (χ0v) is 35.5. The summed E-state index contributed by atoms with van der Waals surface area (Å²) in [5.74, 6) is 3.17. The first-order chi connectivity index (χ1) is 27.1. The first-order valence-electron chi connectivity index (χ1n) is 19.6. The summed E-state index contributed by atoms with van der Waals surface area (Å²) in [7, 11) is -4.46. The van der Waals surface area contributed by atoms with E-state index in [2.05, 4.69) is 198 Å². The Morgan fingerprint density at radius 2 is 0.571 bits per heavy atom. The first kappa shape index (κ1) is 38.2. The van der Waals surface area contributed by atoms with Crippen LogP contribution in [-0.2, 0) is 0 Å². The Hall–Kier alpha value is -4.70. The third kappa shape index (κ3) is 7.10. The molecule has 2 aliphatic rings. The molecular weight excluding hydrogens is 730 g/mol. The Labute approximate surface area is 335 Å². The number of hydrogen-bond donors (Lipinski definition) is 0. The minimum Gasteiger partial charge on any atom is -0.291 e. The number of nitrogens with zero attached hydrogens (tertiary/aromatic N) is 2. The largest absolute Gasteiger partial charge is 0.428 e. The monoisotopic (exact) mass is 782 g/mol. The Morgan fingerprint density at radius 1 is 0.357 bits per heavy atom. The molecule has 2 aliphatic heterocycles. The van der Waals surface area contributed by atoms with Crippen molar-refractivity contribution in [1.82, 2.24) is 9.34 Å². The molecule has 4 atom stereocenters. The van der Waals surface area contributed by atoms with E-state index >= 15 is 0 Å². The summed E-state index contributed by atoms with van der Waals surface area (Å²) in [5.41, 5.74) is 10.8. The van der Waals surface area contributed by atoms with Crippen molar-refractivity contribution in [3.8, 4) is 34.1 Å². The quantitative estimate of drug-likeness (QED) is 0.129. The van der Waals surface area contributed by atoms with Crippen molar-refractivity contribution in [3.63, 3.8) is 0 Å². The van der Waals surface area contributed by atoms with Crippen molar-refractivity contribution in [2.75, 3.05) is 0 Å². The zero-order chi connectivity index (χ0) is 39.1. The fourth-order valence-corrected chi connectivity index (χ4v) is 12.5. The van der Waals surface area contributed by atoms with Gasteiger partial charge < -0.3 is 0 Å². The van der Waals surface area contributed by atoms with Crippen LogP contribution >= 0.6 is 17.1 Å². The first-order valence-corrected chi connectivity index (χ1v) is 22.2. The topological polar surface area (TPSA) is 43.4 Å². The second-order valence-electron chi connectivity index (χ2n) is 15.2. The molecule has 0 fully saturated rings. The predicted octanol–water partition coefficient (Wildman–Crippen LogP) is 13.7. The minimum atomic E-state index is -2.23. The Balaban J connectivity index is 1.31. The maximum atomic E-state index is 7.39. The summed E-state index contributed by atoms with van der Waals surface area (Å²) >= 11 is 0. The third-order valence-corrected chi connectivity index (χ3v) is 15.3. The lowest BCUT2D eigenvalue weighted by Crippen LogP contribution is -2.29. The van der Waals surface area contributed by atoms with E-state index < -0.39 is 17.1 Å². The van der Waals surface area contributed by atoms with Crippen LogP contribution in [-0.4, -0.2) is 9.34 Å². The molecule has 6 nitrogen and oxygen atoms in total. The molecule has 56 heavy (non-hydrogen) atoms. The van der Waals surface area contributed by atoms with Gasteiger partial charge in [0.15, 0.2) is 23.0 Å². The van der Waals surface area contributed by atoms with E-state index in [4.69, 9.17) is 18.1 Å². The van der Waals surface area contributed by atoms with Gasteiger partial charge in [0.05, 0.1) is 35.3 Å². The van der Waals surface area contributed by atoms with Gasteiger partial charge in [-0.05, 0) is 112 Å². The fourth-order valence-electron chi connectivity index (χ4n) is 8.36. The SMILES string of the molecule is Cc1cc(C)c2c3c1O[PH+](N([C@@H](C)c1ccccc1)[C@@H](C)c1ccccc1)Oc1c(C)cc(C)c(c1-3)O[PH+](N([C@@H](C)c1ccccc1)[C@@H](C)c1ccccc1)O2. The molecule has 0 saturated heterocycles. The van der Waals surface area contributed by atoms with Gasteiger partial charge in [-0.2, -0.15) is 0 Å². The summed E-state index contributed by atoms with van der Waals surface area (Å²) in [5, 5.41) is 0. The standard InChI is InChI=1S/C48H50N2O4P2/c1-31-29-32(2)46-43-44-47(53-55(51-45(31)43)49(35(5)39-21-13-9-14-22-39)36(6)40-23-15-10-16-24-40)33(3)30-34(4)48(44)54-56(52-46)50(37(7)41-25-17-11-18-26-41)38(8)42-27-19-12-20-28-42/h9-30,35-38H,1-8H3/p+2/t35-,36-,37-,38-,55?,56?/m0/s1. The van der Waals surface area contributed by atoms with E-state index in [-0.39, 0.29) is 24.2 Å². The van der Waals surface area contributed by atoms with Gasteiger partial charge in [-0.25, -0.2) is 0 Å². The van der Waals surface area contributed by atoms with Crippen molar-refractivity contribution < 1.29 is 18.1 Å². The van der Waals surface area contributed by atoms with Gasteiger partial charge in [-0.1, -0.05) is 121 Å².